The third-order valence-electron chi connectivity index (χ3n) is 4.31. The Balaban J connectivity index is 1.61. The Kier molecular flexibility index (Phi) is 4.91. The average molecular weight is 309 g/mol. The second-order valence-electron chi connectivity index (χ2n) is 6.13. The number of amides is 1. The van der Waals surface area contributed by atoms with Gasteiger partial charge in [-0.15, -0.1) is 0 Å². The Hall–Kier alpha value is -2.36. The minimum absolute atomic E-state index is 0.0525. The number of carbonyl (C=O) groups excluding carboxylic acids is 1. The summed E-state index contributed by atoms with van der Waals surface area (Å²) in [7, 11) is 0. The summed E-state index contributed by atoms with van der Waals surface area (Å²) in [5, 5.41) is 7.38. The molecule has 0 radical (unpaired) electrons. The van der Waals surface area contributed by atoms with Crippen LogP contribution in [0.3, 0.4) is 0 Å². The van der Waals surface area contributed by atoms with Gasteiger partial charge in [-0.2, -0.15) is 5.10 Å². The van der Waals surface area contributed by atoms with E-state index in [2.05, 4.69) is 35.5 Å². The van der Waals surface area contributed by atoms with Crippen LogP contribution in [0.4, 0.5) is 0 Å². The van der Waals surface area contributed by atoms with Gasteiger partial charge in [0, 0.05) is 12.2 Å². The molecular formula is C19H23N3O. The molecule has 0 bridgehead atoms. The van der Waals surface area contributed by atoms with E-state index < -0.39 is 0 Å². The molecular weight excluding hydrogens is 286 g/mol. The van der Waals surface area contributed by atoms with Crippen molar-refractivity contribution >= 4 is 5.91 Å². The zero-order valence-corrected chi connectivity index (χ0v) is 13.5. The highest BCUT2D eigenvalue weighted by Gasteiger charge is 2.16. The number of nitrogens with one attached hydrogen (secondary N) is 1. The van der Waals surface area contributed by atoms with E-state index in [4.69, 9.17) is 0 Å². The van der Waals surface area contributed by atoms with Gasteiger partial charge in [0.25, 0.3) is 5.91 Å². The summed E-state index contributed by atoms with van der Waals surface area (Å²) in [4.78, 5) is 12.4. The maximum absolute atomic E-state index is 12.4. The number of aromatic nitrogens is 2. The summed E-state index contributed by atoms with van der Waals surface area (Å²) < 4.78 is 1.80. The molecule has 1 amide bonds. The van der Waals surface area contributed by atoms with Crippen molar-refractivity contribution in [3.8, 4) is 0 Å². The molecule has 0 aliphatic heterocycles. The average Bonchev–Trinajstić information content (AvgIpc) is 3.05. The molecule has 1 aliphatic carbocycles. The standard InChI is InChI=1S/C19H23N3O/c1-15(17-10-6-3-7-11-17)21-19(23)18-12-20-22(14-18)13-16-8-4-2-5-9-16/h2,4-5,8-10,12,14-15H,3,6-7,11,13H2,1H3,(H,21,23)/t15-/m0/s1. The number of allylic oxidation sites excluding steroid dienone is 1. The van der Waals surface area contributed by atoms with E-state index in [1.807, 2.05) is 24.4 Å². The predicted octanol–water partition coefficient (Wildman–Crippen LogP) is 3.55. The van der Waals surface area contributed by atoms with Crippen molar-refractivity contribution in [2.45, 2.75) is 45.2 Å². The Labute approximate surface area is 137 Å². The second kappa shape index (κ2) is 7.27. The highest BCUT2D eigenvalue weighted by Crippen LogP contribution is 2.20. The lowest BCUT2D eigenvalue weighted by Gasteiger charge is -2.20. The molecule has 3 rings (SSSR count). The van der Waals surface area contributed by atoms with Crippen LogP contribution in [0, 0.1) is 0 Å². The van der Waals surface area contributed by atoms with Crippen LogP contribution >= 0.6 is 0 Å². The van der Waals surface area contributed by atoms with E-state index in [9.17, 15) is 4.79 Å². The number of hydrogen-bond donors (Lipinski definition) is 1. The fraction of sp³-hybridized carbons (Fsp3) is 0.368. The van der Waals surface area contributed by atoms with Gasteiger partial charge in [-0.1, -0.05) is 42.0 Å². The zero-order valence-electron chi connectivity index (χ0n) is 13.5. The highest BCUT2D eigenvalue weighted by molar-refractivity contribution is 5.94. The molecule has 1 aromatic heterocycles. The topological polar surface area (TPSA) is 46.9 Å². The van der Waals surface area contributed by atoms with Crippen molar-refractivity contribution in [3.05, 3.63) is 65.5 Å². The van der Waals surface area contributed by atoms with E-state index in [1.54, 1.807) is 10.9 Å². The number of benzene rings is 1. The molecule has 0 unspecified atom stereocenters. The fourth-order valence-corrected chi connectivity index (χ4v) is 2.97. The summed E-state index contributed by atoms with van der Waals surface area (Å²) in [6.45, 7) is 2.73. The van der Waals surface area contributed by atoms with Gasteiger partial charge < -0.3 is 5.32 Å². The smallest absolute Gasteiger partial charge is 0.254 e. The van der Waals surface area contributed by atoms with Crippen LogP contribution in [0.2, 0.25) is 0 Å². The van der Waals surface area contributed by atoms with Crippen LogP contribution in [-0.2, 0) is 6.54 Å². The molecule has 4 nitrogen and oxygen atoms in total. The Morgan fingerprint density at radius 3 is 2.87 bits per heavy atom. The summed E-state index contributed by atoms with van der Waals surface area (Å²) >= 11 is 0. The number of hydrogen-bond acceptors (Lipinski definition) is 2. The van der Waals surface area contributed by atoms with E-state index >= 15 is 0 Å². The van der Waals surface area contributed by atoms with Gasteiger partial charge in [0.15, 0.2) is 0 Å². The largest absolute Gasteiger partial charge is 0.346 e. The molecule has 1 atom stereocenters. The van der Waals surface area contributed by atoms with E-state index in [0.717, 1.165) is 12.8 Å². The molecule has 0 saturated carbocycles. The molecule has 120 valence electrons. The van der Waals surface area contributed by atoms with Gasteiger partial charge in [0.1, 0.15) is 0 Å². The van der Waals surface area contributed by atoms with Crippen molar-refractivity contribution in [1.82, 2.24) is 15.1 Å². The Morgan fingerprint density at radius 2 is 2.13 bits per heavy atom. The molecule has 2 aromatic rings. The third-order valence-corrected chi connectivity index (χ3v) is 4.31. The van der Waals surface area contributed by atoms with Crippen LogP contribution < -0.4 is 5.32 Å². The van der Waals surface area contributed by atoms with Gasteiger partial charge in [-0.25, -0.2) is 0 Å². The first kappa shape index (κ1) is 15.5. The highest BCUT2D eigenvalue weighted by atomic mass is 16.1. The molecule has 0 spiro atoms. The first-order chi connectivity index (χ1) is 11.2. The van der Waals surface area contributed by atoms with Crippen LogP contribution in [0.15, 0.2) is 54.4 Å². The summed E-state index contributed by atoms with van der Waals surface area (Å²) in [6, 6.07) is 10.2. The molecule has 1 heterocycles. The van der Waals surface area contributed by atoms with Gasteiger partial charge in [0.05, 0.1) is 18.3 Å². The van der Waals surface area contributed by atoms with Crippen LogP contribution in [0.5, 0.6) is 0 Å². The molecule has 4 heteroatoms. The third kappa shape index (κ3) is 4.09. The first-order valence-electron chi connectivity index (χ1n) is 8.28. The molecule has 0 fully saturated rings. The van der Waals surface area contributed by atoms with Gasteiger partial charge >= 0.3 is 0 Å². The van der Waals surface area contributed by atoms with Crippen molar-refractivity contribution in [2.75, 3.05) is 0 Å². The number of rotatable bonds is 5. The molecule has 0 saturated heterocycles. The number of nitrogens with zero attached hydrogens (tertiary/aromatic N) is 2. The maximum atomic E-state index is 12.4. The lowest BCUT2D eigenvalue weighted by molar-refractivity contribution is 0.0944. The minimum atomic E-state index is -0.0525. The summed E-state index contributed by atoms with van der Waals surface area (Å²) in [6.07, 6.45) is 10.4. The van der Waals surface area contributed by atoms with E-state index in [-0.39, 0.29) is 11.9 Å². The molecule has 23 heavy (non-hydrogen) atoms. The van der Waals surface area contributed by atoms with Crippen molar-refractivity contribution in [1.29, 1.82) is 0 Å². The van der Waals surface area contributed by atoms with Crippen LogP contribution in [0.1, 0.15) is 48.5 Å². The molecule has 1 aromatic carbocycles. The van der Waals surface area contributed by atoms with E-state index in [1.165, 1.54) is 24.0 Å². The Morgan fingerprint density at radius 1 is 1.30 bits per heavy atom. The lowest BCUT2D eigenvalue weighted by atomic mass is 9.94. The van der Waals surface area contributed by atoms with Crippen LogP contribution in [-0.4, -0.2) is 21.7 Å². The van der Waals surface area contributed by atoms with Crippen molar-refractivity contribution in [2.24, 2.45) is 0 Å². The zero-order chi connectivity index (χ0) is 16.1. The van der Waals surface area contributed by atoms with Crippen LogP contribution in [0.25, 0.3) is 0 Å². The van der Waals surface area contributed by atoms with Gasteiger partial charge in [-0.05, 0) is 38.2 Å². The summed E-state index contributed by atoms with van der Waals surface area (Å²) in [5.41, 5.74) is 3.13. The maximum Gasteiger partial charge on any atom is 0.254 e. The second-order valence-corrected chi connectivity index (χ2v) is 6.13. The van der Waals surface area contributed by atoms with Gasteiger partial charge in [0.2, 0.25) is 0 Å². The molecule has 1 aliphatic rings. The quantitative estimate of drug-likeness (QED) is 0.859. The van der Waals surface area contributed by atoms with Gasteiger partial charge in [-0.3, -0.25) is 9.48 Å². The predicted molar refractivity (Wildman–Crippen MR) is 91.3 cm³/mol. The monoisotopic (exact) mass is 309 g/mol. The Bertz CT molecular complexity index is 688. The van der Waals surface area contributed by atoms with E-state index in [0.29, 0.717) is 12.1 Å². The first-order valence-corrected chi connectivity index (χ1v) is 8.28. The fourth-order valence-electron chi connectivity index (χ4n) is 2.97. The normalized spacial score (nSPS) is 15.8. The minimum Gasteiger partial charge on any atom is -0.346 e. The number of carbonyl (C=O) groups is 1. The SMILES string of the molecule is C[C@H](NC(=O)c1cnn(Cc2ccccc2)c1)C1=CCCCC1. The lowest BCUT2D eigenvalue weighted by Crippen LogP contribution is -2.34. The van der Waals surface area contributed by atoms with Crippen molar-refractivity contribution < 1.29 is 4.79 Å². The summed E-state index contributed by atoms with van der Waals surface area (Å²) in [5.74, 6) is -0.0525. The molecule has 1 N–H and O–H groups in total. The van der Waals surface area contributed by atoms with Crippen molar-refractivity contribution in [3.63, 3.8) is 0 Å².